The van der Waals surface area contributed by atoms with Gasteiger partial charge in [0.05, 0.1) is 19.3 Å². The molecule has 0 bridgehead atoms. The van der Waals surface area contributed by atoms with Crippen molar-refractivity contribution >= 4 is 0 Å². The molecular weight excluding hydrogens is 318 g/mol. The Morgan fingerprint density at radius 1 is 0.826 bits per heavy atom. The highest BCUT2D eigenvalue weighted by atomic mass is 16.7. The maximum absolute atomic E-state index is 10.6. The predicted octanol–water partition coefficient (Wildman–Crippen LogP) is -6.04. The molecule has 0 saturated carbocycles. The summed E-state index contributed by atoms with van der Waals surface area (Å²) in [5.74, 6) is -2.69. The van der Waals surface area contributed by atoms with Gasteiger partial charge in [0.25, 0.3) is 0 Å². The molecule has 0 aromatic carbocycles. The fourth-order valence-corrected chi connectivity index (χ4v) is 2.92. The first-order valence-electron chi connectivity index (χ1n) is 7.12. The molecule has 2 aliphatic heterocycles. The van der Waals surface area contributed by atoms with Gasteiger partial charge < -0.3 is 56.1 Å². The molecule has 2 rings (SSSR count). The van der Waals surface area contributed by atoms with Crippen LogP contribution in [0.4, 0.5) is 0 Å². The molecule has 2 fully saturated rings. The van der Waals surface area contributed by atoms with Crippen LogP contribution in [0.3, 0.4) is 0 Å². The van der Waals surface area contributed by atoms with Crippen LogP contribution in [-0.2, 0) is 9.47 Å². The van der Waals surface area contributed by atoms with Crippen molar-refractivity contribution in [2.45, 2.75) is 60.7 Å². The molecule has 10 N–H and O–H groups in total. The average Bonchev–Trinajstić information content (AvgIpc) is 2.54. The Balaban J connectivity index is 2.33. The molecule has 2 aliphatic rings. The minimum Gasteiger partial charge on any atom is -0.394 e. The summed E-state index contributed by atoms with van der Waals surface area (Å²) in [4.78, 5) is 0. The first-order chi connectivity index (χ1) is 10.7. The Kier molecular flexibility index (Phi) is 5.60. The van der Waals surface area contributed by atoms with Gasteiger partial charge in [-0.25, -0.2) is 0 Å². The van der Waals surface area contributed by atoms with Crippen LogP contribution in [0.25, 0.3) is 0 Å². The first kappa shape index (κ1) is 18.9. The van der Waals surface area contributed by atoms with Gasteiger partial charge in [-0.15, -0.1) is 0 Å². The van der Waals surface area contributed by atoms with Crippen LogP contribution in [0, 0.1) is 0 Å². The third-order valence-corrected chi connectivity index (χ3v) is 4.38. The molecule has 0 radical (unpaired) electrons. The Morgan fingerprint density at radius 2 is 1.35 bits per heavy atom. The second kappa shape index (κ2) is 6.82. The van der Waals surface area contributed by atoms with Crippen LogP contribution >= 0.6 is 0 Å². The fraction of sp³-hybridized carbons (Fsp3) is 1.00. The van der Waals surface area contributed by atoms with E-state index >= 15 is 0 Å². The second-order valence-electron chi connectivity index (χ2n) is 5.85. The van der Waals surface area contributed by atoms with Gasteiger partial charge in [0, 0.05) is 0 Å². The van der Waals surface area contributed by atoms with Crippen LogP contribution in [-0.4, -0.2) is 115 Å². The number of aliphatic hydroxyl groups is 8. The summed E-state index contributed by atoms with van der Waals surface area (Å²) in [6.07, 6.45) is -13.3. The molecule has 0 aromatic rings. The Labute approximate surface area is 131 Å². The van der Waals surface area contributed by atoms with Gasteiger partial charge in [-0.2, -0.15) is 0 Å². The van der Waals surface area contributed by atoms with Crippen molar-refractivity contribution in [1.82, 2.24) is 0 Å². The van der Waals surface area contributed by atoms with Gasteiger partial charge in [-0.05, 0) is 0 Å². The third-order valence-electron chi connectivity index (χ3n) is 4.38. The minimum absolute atomic E-state index is 0.720. The number of hydrogen-bond donors (Lipinski definition) is 9. The monoisotopic (exact) mass is 341 g/mol. The second-order valence-corrected chi connectivity index (χ2v) is 5.85. The number of ether oxygens (including phenoxy) is 2. The highest BCUT2D eigenvalue weighted by molar-refractivity contribution is 5.07. The van der Waals surface area contributed by atoms with Crippen molar-refractivity contribution in [3.63, 3.8) is 0 Å². The fourth-order valence-electron chi connectivity index (χ4n) is 2.92. The summed E-state index contributed by atoms with van der Waals surface area (Å²) < 4.78 is 10.3. The average molecular weight is 341 g/mol. The lowest BCUT2D eigenvalue weighted by atomic mass is 9.82. The van der Waals surface area contributed by atoms with Gasteiger partial charge in [-0.1, -0.05) is 0 Å². The highest BCUT2D eigenvalue weighted by Crippen LogP contribution is 2.36. The van der Waals surface area contributed by atoms with Crippen molar-refractivity contribution in [2.75, 3.05) is 13.2 Å². The molecule has 2 saturated heterocycles. The number of hydrogen-bond acceptors (Lipinski definition) is 11. The van der Waals surface area contributed by atoms with Crippen LogP contribution in [0.1, 0.15) is 0 Å². The van der Waals surface area contributed by atoms with Crippen molar-refractivity contribution in [3.8, 4) is 0 Å². The van der Waals surface area contributed by atoms with E-state index in [1.807, 2.05) is 0 Å². The van der Waals surface area contributed by atoms with Crippen molar-refractivity contribution < 1.29 is 50.3 Å². The van der Waals surface area contributed by atoms with Crippen LogP contribution in [0.2, 0.25) is 0 Å². The molecule has 0 aliphatic carbocycles. The van der Waals surface area contributed by atoms with Crippen LogP contribution in [0.15, 0.2) is 0 Å². The van der Waals surface area contributed by atoms with Crippen LogP contribution in [0.5, 0.6) is 0 Å². The molecule has 2 heterocycles. The van der Waals surface area contributed by atoms with Gasteiger partial charge in [0.15, 0.2) is 0 Å². The van der Waals surface area contributed by atoms with E-state index in [-0.39, 0.29) is 0 Å². The summed E-state index contributed by atoms with van der Waals surface area (Å²) in [5, 5.41) is 78.2. The molecule has 23 heavy (non-hydrogen) atoms. The van der Waals surface area contributed by atoms with Gasteiger partial charge in [-0.3, -0.25) is 0 Å². The standard InChI is InChI=1S/C12H23NO10/c13-5-8(18)6(16)3(1-14)22-11(5)12(21)10(20)9(19)7(17)4(2-15)23-12/h3-11,14-21H,1-2,13H2/t3-,4-,5+,6-,7-,8-,9+,10+,11?,12?/m1/s1. The van der Waals surface area contributed by atoms with Crippen molar-refractivity contribution in [2.24, 2.45) is 5.73 Å². The summed E-state index contributed by atoms with van der Waals surface area (Å²) in [5.41, 5.74) is 5.70. The van der Waals surface area contributed by atoms with Gasteiger partial charge in [0.2, 0.25) is 5.79 Å². The molecule has 0 spiro atoms. The minimum atomic E-state index is -2.69. The van der Waals surface area contributed by atoms with Gasteiger partial charge in [0.1, 0.15) is 48.8 Å². The zero-order valence-corrected chi connectivity index (χ0v) is 12.1. The van der Waals surface area contributed by atoms with Crippen molar-refractivity contribution in [3.05, 3.63) is 0 Å². The Bertz CT molecular complexity index is 409. The molecule has 0 aromatic heterocycles. The summed E-state index contributed by atoms with van der Waals surface area (Å²) in [6, 6.07) is -1.45. The SMILES string of the molecule is N[C@@H]1C(C2(O)O[C@H](CO)[C@@H](O)[C@H](O)[C@@H]2O)O[C@H](CO)[C@@H](O)[C@@H]1O. The van der Waals surface area contributed by atoms with E-state index < -0.39 is 73.9 Å². The maximum atomic E-state index is 10.6. The summed E-state index contributed by atoms with van der Waals surface area (Å²) >= 11 is 0. The largest absolute Gasteiger partial charge is 0.394 e. The van der Waals surface area contributed by atoms with E-state index in [1.165, 1.54) is 0 Å². The molecule has 11 heteroatoms. The van der Waals surface area contributed by atoms with Crippen molar-refractivity contribution in [1.29, 1.82) is 0 Å². The van der Waals surface area contributed by atoms with E-state index in [0.29, 0.717) is 0 Å². The maximum Gasteiger partial charge on any atom is 0.224 e. The summed E-state index contributed by atoms with van der Waals surface area (Å²) in [6.45, 7) is -1.51. The Morgan fingerprint density at radius 3 is 1.87 bits per heavy atom. The molecular formula is C12H23NO10. The lowest BCUT2D eigenvalue weighted by molar-refractivity contribution is -0.396. The number of nitrogens with two attached hydrogens (primary N) is 1. The molecule has 11 nitrogen and oxygen atoms in total. The quantitative estimate of drug-likeness (QED) is 0.236. The topological polar surface area (TPSA) is 206 Å². The normalized spacial score (nSPS) is 54.9. The van der Waals surface area contributed by atoms with E-state index in [1.54, 1.807) is 0 Å². The molecule has 136 valence electrons. The summed E-state index contributed by atoms with van der Waals surface area (Å²) in [7, 11) is 0. The highest BCUT2D eigenvalue weighted by Gasteiger charge is 2.61. The van der Waals surface area contributed by atoms with Gasteiger partial charge >= 0.3 is 0 Å². The number of aliphatic hydroxyl groups excluding tert-OH is 7. The first-order valence-corrected chi connectivity index (χ1v) is 7.12. The lowest BCUT2D eigenvalue weighted by Gasteiger charge is -2.52. The molecule has 10 atom stereocenters. The predicted molar refractivity (Wildman–Crippen MR) is 70.7 cm³/mol. The lowest BCUT2D eigenvalue weighted by Crippen LogP contribution is -2.76. The number of rotatable bonds is 3. The van der Waals surface area contributed by atoms with E-state index in [4.69, 9.17) is 20.3 Å². The Hall–Kier alpha value is -0.440. The third kappa shape index (κ3) is 2.99. The smallest absolute Gasteiger partial charge is 0.224 e. The molecule has 0 amide bonds. The zero-order chi connectivity index (χ0) is 17.5. The van der Waals surface area contributed by atoms with Crippen LogP contribution < -0.4 is 5.73 Å². The van der Waals surface area contributed by atoms with E-state index in [2.05, 4.69) is 0 Å². The van der Waals surface area contributed by atoms with E-state index in [9.17, 15) is 35.7 Å². The molecule has 2 unspecified atom stereocenters. The van der Waals surface area contributed by atoms with E-state index in [0.717, 1.165) is 0 Å². The zero-order valence-electron chi connectivity index (χ0n) is 12.1.